The normalized spacial score (nSPS) is 24.7. The smallest absolute Gasteiger partial charge is 0.323 e. The molecule has 0 bridgehead atoms. The Kier molecular flexibility index (Phi) is 6.80. The maximum Gasteiger partial charge on any atom is 0.323 e. The quantitative estimate of drug-likeness (QED) is 0.745. The number of carboxylic acids is 1. The number of likely N-dealkylation sites (N-methyl/N-ethyl adjacent to an activating group) is 1. The summed E-state index contributed by atoms with van der Waals surface area (Å²) in [5, 5.41) is 12.4. The van der Waals surface area contributed by atoms with E-state index >= 15 is 0 Å². The molecule has 1 saturated heterocycles. The lowest BCUT2D eigenvalue weighted by atomic mass is 9.95. The zero-order valence-corrected chi connectivity index (χ0v) is 12.7. The Bertz CT molecular complexity index is 283. The molecule has 0 radical (unpaired) electrons. The number of carboxylic acid groups (broad SMARTS) is 1. The fraction of sp³-hybridized carbons (Fsp3) is 0.933. The van der Waals surface area contributed by atoms with Crippen molar-refractivity contribution in [2.45, 2.75) is 58.4 Å². The van der Waals surface area contributed by atoms with Crippen molar-refractivity contribution < 1.29 is 9.90 Å². The molecule has 0 aromatic heterocycles. The summed E-state index contributed by atoms with van der Waals surface area (Å²) in [5.74, 6) is 0.106. The van der Waals surface area contributed by atoms with Crippen molar-refractivity contribution >= 4 is 5.97 Å². The van der Waals surface area contributed by atoms with Crippen LogP contribution in [0, 0.1) is 5.92 Å². The lowest BCUT2D eigenvalue weighted by molar-refractivity contribution is -0.144. The lowest BCUT2D eigenvalue weighted by Gasteiger charge is -2.27. The molecule has 0 aliphatic carbocycles. The minimum atomic E-state index is -0.770. The van der Waals surface area contributed by atoms with E-state index in [2.05, 4.69) is 17.1 Å². The zero-order chi connectivity index (χ0) is 14.3. The first-order valence-corrected chi connectivity index (χ1v) is 7.68. The van der Waals surface area contributed by atoms with E-state index in [0.717, 1.165) is 18.9 Å². The van der Waals surface area contributed by atoms with Crippen LogP contribution in [0.15, 0.2) is 0 Å². The second kappa shape index (κ2) is 7.85. The summed E-state index contributed by atoms with van der Waals surface area (Å²) < 4.78 is 0. The van der Waals surface area contributed by atoms with Crippen molar-refractivity contribution in [3.05, 3.63) is 0 Å². The van der Waals surface area contributed by atoms with Gasteiger partial charge in [-0.05, 0) is 71.1 Å². The van der Waals surface area contributed by atoms with Crippen molar-refractivity contribution in [1.29, 1.82) is 0 Å². The third-order valence-electron chi connectivity index (χ3n) is 4.30. The van der Waals surface area contributed by atoms with Gasteiger partial charge in [-0.25, -0.2) is 0 Å². The summed E-state index contributed by atoms with van der Waals surface area (Å²) in [5.41, 5.74) is -0.770. The molecule has 19 heavy (non-hydrogen) atoms. The van der Waals surface area contributed by atoms with Gasteiger partial charge in [-0.15, -0.1) is 0 Å². The number of hydrogen-bond acceptors (Lipinski definition) is 3. The first-order valence-electron chi connectivity index (χ1n) is 7.68. The van der Waals surface area contributed by atoms with E-state index in [9.17, 15) is 9.90 Å². The average Bonchev–Trinajstić information content (AvgIpc) is 2.54. The van der Waals surface area contributed by atoms with Crippen molar-refractivity contribution in [1.82, 2.24) is 10.2 Å². The fourth-order valence-corrected chi connectivity index (χ4v) is 2.86. The highest BCUT2D eigenvalue weighted by Crippen LogP contribution is 2.18. The van der Waals surface area contributed by atoms with Crippen LogP contribution >= 0.6 is 0 Å². The van der Waals surface area contributed by atoms with E-state index in [1.165, 1.54) is 32.4 Å². The molecule has 0 saturated carbocycles. The second-order valence-electron chi connectivity index (χ2n) is 6.15. The summed E-state index contributed by atoms with van der Waals surface area (Å²) in [7, 11) is 0. The molecule has 4 heteroatoms. The Morgan fingerprint density at radius 2 is 2.16 bits per heavy atom. The minimum Gasteiger partial charge on any atom is -0.480 e. The minimum absolute atomic E-state index is 0.697. The number of carbonyl (C=O) groups is 1. The summed E-state index contributed by atoms with van der Waals surface area (Å²) in [6.07, 6.45) is 5.54. The van der Waals surface area contributed by atoms with E-state index in [4.69, 9.17) is 0 Å². The van der Waals surface area contributed by atoms with Gasteiger partial charge in [-0.2, -0.15) is 0 Å². The van der Waals surface area contributed by atoms with Gasteiger partial charge in [0.25, 0.3) is 0 Å². The zero-order valence-electron chi connectivity index (χ0n) is 12.7. The molecule has 4 nitrogen and oxygen atoms in total. The maximum atomic E-state index is 11.3. The van der Waals surface area contributed by atoms with Crippen LogP contribution in [0.1, 0.15) is 52.9 Å². The van der Waals surface area contributed by atoms with Crippen LogP contribution in [-0.4, -0.2) is 47.7 Å². The van der Waals surface area contributed by atoms with Crippen LogP contribution in [0.5, 0.6) is 0 Å². The molecule has 0 amide bonds. The SMILES string of the molecule is CCNC(C)(CCCN1CCCC(C)CC1)C(=O)O. The van der Waals surface area contributed by atoms with Crippen LogP contribution in [0.2, 0.25) is 0 Å². The largest absolute Gasteiger partial charge is 0.480 e. The highest BCUT2D eigenvalue weighted by atomic mass is 16.4. The molecule has 1 heterocycles. The van der Waals surface area contributed by atoms with Crippen LogP contribution in [-0.2, 0) is 4.79 Å². The number of hydrogen-bond donors (Lipinski definition) is 2. The van der Waals surface area contributed by atoms with Crippen LogP contribution < -0.4 is 5.32 Å². The Morgan fingerprint density at radius 1 is 1.42 bits per heavy atom. The van der Waals surface area contributed by atoms with E-state index in [1.807, 2.05) is 6.92 Å². The second-order valence-corrected chi connectivity index (χ2v) is 6.15. The van der Waals surface area contributed by atoms with Crippen LogP contribution in [0.25, 0.3) is 0 Å². The third-order valence-corrected chi connectivity index (χ3v) is 4.30. The number of aliphatic carboxylic acids is 1. The Labute approximate surface area is 117 Å². The molecule has 2 N–H and O–H groups in total. The number of rotatable bonds is 7. The van der Waals surface area contributed by atoms with Gasteiger partial charge in [0.2, 0.25) is 0 Å². The lowest BCUT2D eigenvalue weighted by Crippen LogP contribution is -2.49. The molecule has 1 aliphatic rings. The van der Waals surface area contributed by atoms with Gasteiger partial charge < -0.3 is 15.3 Å². The standard InChI is InChI=1S/C15H30N2O2/c1-4-16-15(3,14(18)19)9-6-11-17-10-5-7-13(2)8-12-17/h13,16H,4-12H2,1-3H3,(H,18,19). The summed E-state index contributed by atoms with van der Waals surface area (Å²) in [4.78, 5) is 13.8. The first kappa shape index (κ1) is 16.4. The van der Waals surface area contributed by atoms with Gasteiger partial charge in [0, 0.05) is 0 Å². The Hall–Kier alpha value is -0.610. The van der Waals surface area contributed by atoms with Gasteiger partial charge in [0.1, 0.15) is 5.54 Å². The monoisotopic (exact) mass is 270 g/mol. The first-order chi connectivity index (χ1) is 8.98. The molecule has 1 rings (SSSR count). The highest BCUT2D eigenvalue weighted by Gasteiger charge is 2.31. The molecule has 1 aliphatic heterocycles. The molecular formula is C15H30N2O2. The Balaban J connectivity index is 2.33. The number of nitrogens with zero attached hydrogens (tertiary/aromatic N) is 1. The molecule has 1 fully saturated rings. The molecule has 2 atom stereocenters. The van der Waals surface area contributed by atoms with Gasteiger partial charge in [0.05, 0.1) is 0 Å². The van der Waals surface area contributed by atoms with Gasteiger partial charge in [-0.3, -0.25) is 4.79 Å². The molecule has 0 spiro atoms. The van der Waals surface area contributed by atoms with E-state index in [0.29, 0.717) is 13.0 Å². The van der Waals surface area contributed by atoms with Gasteiger partial charge >= 0.3 is 5.97 Å². The van der Waals surface area contributed by atoms with Gasteiger partial charge in [-0.1, -0.05) is 13.8 Å². The predicted octanol–water partition coefficient (Wildman–Crippen LogP) is 2.34. The molecule has 0 aromatic rings. The van der Waals surface area contributed by atoms with Crippen molar-refractivity contribution in [3.8, 4) is 0 Å². The molecule has 0 aromatic carbocycles. The van der Waals surface area contributed by atoms with Crippen molar-refractivity contribution in [3.63, 3.8) is 0 Å². The van der Waals surface area contributed by atoms with E-state index in [1.54, 1.807) is 6.92 Å². The third kappa shape index (κ3) is 5.49. The summed E-state index contributed by atoms with van der Waals surface area (Å²) in [6.45, 7) is 10.2. The number of nitrogens with one attached hydrogen (secondary N) is 1. The molecule has 2 unspecified atom stereocenters. The average molecular weight is 270 g/mol. The van der Waals surface area contributed by atoms with Crippen LogP contribution in [0.4, 0.5) is 0 Å². The highest BCUT2D eigenvalue weighted by molar-refractivity contribution is 5.78. The maximum absolute atomic E-state index is 11.3. The van der Waals surface area contributed by atoms with Crippen molar-refractivity contribution in [2.75, 3.05) is 26.2 Å². The van der Waals surface area contributed by atoms with Crippen LogP contribution in [0.3, 0.4) is 0 Å². The van der Waals surface area contributed by atoms with Crippen molar-refractivity contribution in [2.24, 2.45) is 5.92 Å². The molecule has 112 valence electrons. The molecular weight excluding hydrogens is 240 g/mol. The van der Waals surface area contributed by atoms with E-state index < -0.39 is 11.5 Å². The van der Waals surface area contributed by atoms with Gasteiger partial charge in [0.15, 0.2) is 0 Å². The summed E-state index contributed by atoms with van der Waals surface area (Å²) >= 11 is 0. The predicted molar refractivity (Wildman–Crippen MR) is 78.4 cm³/mol. The van der Waals surface area contributed by atoms with E-state index in [-0.39, 0.29) is 0 Å². The summed E-state index contributed by atoms with van der Waals surface area (Å²) in [6, 6.07) is 0. The topological polar surface area (TPSA) is 52.6 Å². The number of likely N-dealkylation sites (tertiary alicyclic amines) is 1. The Morgan fingerprint density at radius 3 is 2.79 bits per heavy atom. The fourth-order valence-electron chi connectivity index (χ4n) is 2.86.